The van der Waals surface area contributed by atoms with Crippen LogP contribution >= 0.6 is 43.1 Å². The summed E-state index contributed by atoms with van der Waals surface area (Å²) in [7, 11) is 1.56. The van der Waals surface area contributed by atoms with Crippen LogP contribution in [0.5, 0.6) is 0 Å². The van der Waals surface area contributed by atoms with E-state index in [0.29, 0.717) is 36.6 Å². The molecule has 0 saturated carbocycles. The number of benzene rings is 9. The third kappa shape index (κ3) is 79.6. The van der Waals surface area contributed by atoms with Crippen LogP contribution in [0.25, 0.3) is 132 Å². The zero-order chi connectivity index (χ0) is 99.2. The molecule has 0 fully saturated rings. The Hall–Kier alpha value is -5.39. The van der Waals surface area contributed by atoms with Crippen LogP contribution in [0.15, 0.2) is 292 Å². The van der Waals surface area contributed by atoms with Gasteiger partial charge in [0.2, 0.25) is 0 Å². The van der Waals surface area contributed by atoms with Gasteiger partial charge in [-0.25, -0.2) is 16.8 Å². The molecule has 53 heteroatoms. The van der Waals surface area contributed by atoms with E-state index in [2.05, 4.69) is 348 Å². The van der Waals surface area contributed by atoms with Crippen LogP contribution < -0.4 is 177 Å². The van der Waals surface area contributed by atoms with Crippen LogP contribution in [-0.4, -0.2) is 232 Å². The minimum absolute atomic E-state index is 0. The summed E-state index contributed by atoms with van der Waals surface area (Å²) in [5.41, 5.74) is 19.9. The molecule has 6 heterocycles. The largest absolute Gasteiger partial charge is 1.00 e. The summed E-state index contributed by atoms with van der Waals surface area (Å²) in [6.07, 6.45) is 18.6. The van der Waals surface area contributed by atoms with Gasteiger partial charge in [-0.15, -0.1) is 0 Å². The molecular weight excluding hydrogens is 2610 g/mol. The van der Waals surface area contributed by atoms with Crippen LogP contribution in [0.3, 0.4) is 0 Å². The second-order valence-electron chi connectivity index (χ2n) is 20.9. The van der Waals surface area contributed by atoms with E-state index in [9.17, 15) is 0 Å². The summed E-state index contributed by atoms with van der Waals surface area (Å²) in [6.45, 7) is 37.2. The van der Waals surface area contributed by atoms with Crippen molar-refractivity contribution in [1.29, 1.82) is 5.26 Å². The molecule has 0 aliphatic carbocycles. The van der Waals surface area contributed by atoms with Crippen molar-refractivity contribution in [2.75, 3.05) is 37.5 Å². The smallest absolute Gasteiger partial charge is 0.870 e. The van der Waals surface area contributed by atoms with Crippen LogP contribution in [0, 0.1) is 11.3 Å². The number of aromatic nitrogens is 6. The summed E-state index contributed by atoms with van der Waals surface area (Å²) in [6, 6.07) is 89.8. The first-order valence-corrected chi connectivity index (χ1v) is 47.7. The van der Waals surface area contributed by atoms with Gasteiger partial charge in [-0.05, 0) is 116 Å². The van der Waals surface area contributed by atoms with E-state index in [1.165, 1.54) is 123 Å². The van der Waals surface area contributed by atoms with E-state index < -0.39 is 20.2 Å². The maximum atomic E-state index is 9.08. The number of nitriles is 1. The maximum Gasteiger partial charge on any atom is 1.00 e. The Bertz CT molecular complexity index is 4840. The van der Waals surface area contributed by atoms with E-state index in [1.807, 2.05) is 73.6 Å². The van der Waals surface area contributed by atoms with E-state index in [0.717, 1.165) is 65.4 Å². The van der Waals surface area contributed by atoms with Gasteiger partial charge < -0.3 is 151 Å². The minimum atomic E-state index is -3.92. The molecule has 6 aromatic heterocycles. The molecule has 144 heavy (non-hydrogen) atoms. The Kier molecular flexibility index (Phi) is 197. The molecule has 0 bridgehead atoms. The molecule has 0 amide bonds. The van der Waals surface area contributed by atoms with E-state index >= 15 is 0 Å². The van der Waals surface area contributed by atoms with Crippen LogP contribution in [-0.2, 0) is 155 Å². The summed E-state index contributed by atoms with van der Waals surface area (Å²) >= 11 is 11.6. The van der Waals surface area contributed by atoms with Gasteiger partial charge in [0.1, 0.15) is 0 Å². The molecule has 0 saturated heterocycles. The van der Waals surface area contributed by atoms with E-state index in [4.69, 9.17) is 112 Å². The standard InChI is InChI=1S/3C24H16N2.C2H3N.2CH4O3S.2CH4OS.11CHO.2CH4S.2ClH.6Na.10H2O.3Re/c3*1-3-7-17(8-4-1)19-13-15-25-23-21(19)11-12-22-20(14-16-26-24(22)23)18-9-5-2-6-10-18;1-2-3;2*1-5(2,3)4;2*1-3-2;13*1-2;;;;;;;;;;;;;;;;;;;;;/h3*1-16H;1H3;2*1H3,(H,2,3,4);2*2H,1H3;11*1H;2*2H,1H3;2*1H;;;;;;;10*1H2;;;/q;;;;;;;;11*-1;;;;;6*+1;;;;;;;;;;;;2*+1/p-10. The quantitative estimate of drug-likeness (QED) is 0.0284. The predicted molar refractivity (Wildman–Crippen MR) is 540 cm³/mol. The SMILES string of the molecule is CC#N.CS(=O)(=O)[O-].CS(=O)(=O)[O-].CS[O-].CS[O-].C[S-].C[S-].O.O.O.O.O.O.O.O.[CH-]=O.[CH-]=O.[CH-]=O.[CH-]=O.[CH-]=O.[CH-]=O.[CH-]=O.[CH-]=O.[CH-]=O.[CH-]=O.[CH-]=O.[Cl][Re].[Cl][Re].[Na+].[Na+].[Na+].[Na+].[Na+].[Na+].[OH-].[OH-].[Re].c1ccc(-c2ccnc3c2ccc2c(-c4ccccc4)ccnc23)cc1.c1ccc(-c2ccnc3c2ccc2c(-c4ccccc4)ccnc23)cc1.c1ccc(-c2ccnc3c2ccc2c(-c4ccccc4)ccnc23)cc1. The Morgan fingerprint density at radius 1 is 0.271 bits per heavy atom. The Morgan fingerprint density at radius 2 is 0.347 bits per heavy atom. The molecular formula is C91H98Cl2N7Na6O29Re3S6-13. The fraction of sp³-hybridized carbons (Fsp3) is 0.0769. The number of nitrogens with zero attached hydrogens (tertiary/aromatic N) is 7. The molecule has 0 atom stereocenters. The topological polar surface area (TPSA) is 761 Å². The Labute approximate surface area is 1040 Å². The zero-order valence-corrected chi connectivity index (χ0v) is 106. The second-order valence-corrected chi connectivity index (χ2v) is 24.4. The number of hydrogen-bond acceptors (Lipinski definition) is 32. The number of rotatable bonds is 6. The first kappa shape index (κ1) is 203. The van der Waals surface area contributed by atoms with Gasteiger partial charge in [-0.3, -0.25) is 129 Å². The van der Waals surface area contributed by atoms with Crippen LogP contribution in [0.1, 0.15) is 6.92 Å². The summed E-state index contributed by atoms with van der Waals surface area (Å²) < 4.78 is 72.2. The monoisotopic (exact) mass is 2710 g/mol. The Morgan fingerprint density at radius 3 is 0.424 bits per heavy atom. The van der Waals surface area contributed by atoms with Gasteiger partial charge in [-0.2, -0.15) is 17.8 Å². The van der Waals surface area contributed by atoms with Crippen molar-refractivity contribution in [1.82, 2.24) is 29.9 Å². The van der Waals surface area contributed by atoms with Gasteiger partial charge in [0.15, 0.2) is 0 Å². The molecule has 9 aromatic carbocycles. The molecule has 1 radical (unpaired) electrons. The fourth-order valence-electron chi connectivity index (χ4n) is 10.7. The van der Waals surface area contributed by atoms with Gasteiger partial charge in [0.25, 0.3) is 0 Å². The van der Waals surface area contributed by atoms with Gasteiger partial charge in [0, 0.05) is 109 Å². The second kappa shape index (κ2) is 140. The molecule has 36 nitrogen and oxygen atoms in total. The third-order valence-corrected chi connectivity index (χ3v) is 14.4. The minimum Gasteiger partial charge on any atom is -0.870 e. The zero-order valence-electron chi connectivity index (χ0n) is 79.7. The fourth-order valence-corrected chi connectivity index (χ4v) is 10.7. The third-order valence-electron chi connectivity index (χ3n) is 14.4. The van der Waals surface area contributed by atoms with Crippen LogP contribution in [0.2, 0.25) is 0 Å². The van der Waals surface area contributed by atoms with E-state index in [-0.39, 0.29) is 253 Å². The summed E-state index contributed by atoms with van der Waals surface area (Å²) in [5, 5.41) is 14.1. The summed E-state index contributed by atoms with van der Waals surface area (Å²) in [5.74, 6) is 0. The molecule has 0 spiro atoms. The number of carbonyl (C=O) groups excluding carboxylic acids is 11. The number of halogens is 2. The molecule has 0 aliphatic rings. The molecule has 0 unspecified atom stereocenters. The molecule has 15 rings (SSSR count). The van der Waals surface area contributed by atoms with Crippen molar-refractivity contribution >= 4 is 229 Å². The first-order chi connectivity index (χ1) is 62.0. The van der Waals surface area contributed by atoms with Crippen LogP contribution in [0.4, 0.5) is 0 Å². The van der Waals surface area contributed by atoms with Crippen molar-refractivity contribution in [2.24, 2.45) is 0 Å². The molecule has 15 aromatic rings. The number of fused-ring (bicyclic) bond motifs is 9. The van der Waals surface area contributed by atoms with Gasteiger partial charge >= 0.3 is 233 Å². The van der Waals surface area contributed by atoms with Crippen molar-refractivity contribution < 1.29 is 377 Å². The molecule has 18 N–H and O–H groups in total. The first-order valence-electron chi connectivity index (χ1n) is 33.5. The number of pyridine rings is 6. The maximum absolute atomic E-state index is 9.08. The van der Waals surface area contributed by atoms with Crippen molar-refractivity contribution in [3.63, 3.8) is 0 Å². The van der Waals surface area contributed by atoms with Crippen molar-refractivity contribution in [2.45, 2.75) is 6.92 Å². The normalized spacial score (nSPS) is 7.58. The predicted octanol–water partition coefficient (Wildman–Crippen LogP) is -8.08. The number of hydrogen-bond donors (Lipinski definition) is 0. The van der Waals surface area contributed by atoms with E-state index in [1.54, 1.807) is 18.6 Å². The molecule has 0 aliphatic heterocycles. The van der Waals surface area contributed by atoms with Crippen molar-refractivity contribution in [3.05, 3.63) is 292 Å². The average Bonchev–Trinajstić information content (AvgIpc) is 0.768. The molecule has 761 valence electrons. The average molecular weight is 2710 g/mol. The summed E-state index contributed by atoms with van der Waals surface area (Å²) in [4.78, 5) is 113. The van der Waals surface area contributed by atoms with Crippen molar-refractivity contribution in [3.8, 4) is 72.8 Å². The Balaban J connectivity index is -0.0000000501. The van der Waals surface area contributed by atoms with Gasteiger partial charge in [0.05, 0.1) is 59.4 Å². The van der Waals surface area contributed by atoms with Gasteiger partial charge in [-0.1, -0.05) is 218 Å².